The molecule has 0 bridgehead atoms. The van der Waals surface area contributed by atoms with Crippen molar-refractivity contribution in [2.75, 3.05) is 42.2 Å². The monoisotopic (exact) mass is 418 g/mol. The lowest BCUT2D eigenvalue weighted by Crippen LogP contribution is -2.24. The highest BCUT2D eigenvalue weighted by Crippen LogP contribution is 2.40. The van der Waals surface area contributed by atoms with Crippen molar-refractivity contribution in [1.29, 1.82) is 0 Å². The van der Waals surface area contributed by atoms with Crippen molar-refractivity contribution in [2.24, 2.45) is 11.8 Å². The van der Waals surface area contributed by atoms with Crippen LogP contribution in [0.15, 0.2) is 30.3 Å². The lowest BCUT2D eigenvalue weighted by molar-refractivity contribution is -0.0820. The van der Waals surface area contributed by atoms with Crippen molar-refractivity contribution in [3.63, 3.8) is 0 Å². The first kappa shape index (κ1) is 22.1. The van der Waals surface area contributed by atoms with Gasteiger partial charge in [-0.2, -0.15) is 0 Å². The summed E-state index contributed by atoms with van der Waals surface area (Å²) < 4.78 is 32.6. The summed E-state index contributed by atoms with van der Waals surface area (Å²) in [7, 11) is 8.00. The molecule has 1 aliphatic heterocycles. The quantitative estimate of drug-likeness (QED) is 0.671. The van der Waals surface area contributed by atoms with E-state index in [0.717, 1.165) is 17.5 Å². The van der Waals surface area contributed by atoms with Crippen molar-refractivity contribution in [3.8, 4) is 28.7 Å². The number of rotatable bonds is 9. The summed E-state index contributed by atoms with van der Waals surface area (Å²) in [5, 5.41) is 10.5. The molecule has 0 aromatic heterocycles. The number of methoxy groups -OCH3 is 5. The summed E-state index contributed by atoms with van der Waals surface area (Å²) >= 11 is 0. The highest BCUT2D eigenvalue weighted by molar-refractivity contribution is 5.54. The largest absolute Gasteiger partial charge is 0.493 e. The van der Waals surface area contributed by atoms with Gasteiger partial charge in [-0.15, -0.1) is 0 Å². The Balaban J connectivity index is 1.81. The molecular weight excluding hydrogens is 388 g/mol. The van der Waals surface area contributed by atoms with Gasteiger partial charge in [0.15, 0.2) is 29.3 Å². The molecule has 30 heavy (non-hydrogen) atoms. The lowest BCUT2D eigenvalue weighted by atomic mass is 9.84. The molecule has 0 radical (unpaired) electrons. The van der Waals surface area contributed by atoms with E-state index in [0.29, 0.717) is 41.8 Å². The Labute approximate surface area is 177 Å². The molecular formula is C23H30O7. The minimum atomic E-state index is -0.825. The average molecular weight is 418 g/mol. The predicted octanol–water partition coefficient (Wildman–Crippen LogP) is 3.10. The summed E-state index contributed by atoms with van der Waals surface area (Å²) in [4.78, 5) is 0. The maximum atomic E-state index is 10.5. The van der Waals surface area contributed by atoms with Crippen LogP contribution < -0.4 is 23.7 Å². The van der Waals surface area contributed by atoms with Crippen LogP contribution in [0.1, 0.15) is 11.1 Å². The van der Waals surface area contributed by atoms with E-state index in [2.05, 4.69) is 0 Å². The van der Waals surface area contributed by atoms with Crippen molar-refractivity contribution in [1.82, 2.24) is 0 Å². The van der Waals surface area contributed by atoms with E-state index in [-0.39, 0.29) is 11.8 Å². The molecule has 1 heterocycles. The highest BCUT2D eigenvalue weighted by atomic mass is 16.6. The fourth-order valence-corrected chi connectivity index (χ4v) is 4.02. The van der Waals surface area contributed by atoms with E-state index in [1.165, 1.54) is 0 Å². The number of aliphatic hydroxyl groups excluding tert-OH is 1. The van der Waals surface area contributed by atoms with Gasteiger partial charge in [0.2, 0.25) is 5.75 Å². The van der Waals surface area contributed by atoms with E-state index in [1.807, 2.05) is 30.3 Å². The first-order chi connectivity index (χ1) is 14.5. The van der Waals surface area contributed by atoms with Gasteiger partial charge in [-0.25, -0.2) is 0 Å². The molecule has 2 aromatic carbocycles. The Kier molecular flexibility index (Phi) is 7.29. The van der Waals surface area contributed by atoms with E-state index in [1.54, 1.807) is 35.5 Å². The second kappa shape index (κ2) is 9.91. The van der Waals surface area contributed by atoms with Crippen LogP contribution in [0.2, 0.25) is 0 Å². The van der Waals surface area contributed by atoms with Crippen molar-refractivity contribution in [3.05, 3.63) is 41.5 Å². The third-order valence-electron chi connectivity index (χ3n) is 5.59. The number of benzene rings is 2. The number of ether oxygens (including phenoxy) is 6. The van der Waals surface area contributed by atoms with Crippen LogP contribution in [0.4, 0.5) is 0 Å². The minimum absolute atomic E-state index is 0.0686. The first-order valence-electron chi connectivity index (χ1n) is 9.84. The number of aliphatic hydroxyl groups is 1. The Morgan fingerprint density at radius 3 is 1.93 bits per heavy atom. The molecule has 2 aromatic rings. The van der Waals surface area contributed by atoms with Gasteiger partial charge in [-0.1, -0.05) is 6.07 Å². The van der Waals surface area contributed by atoms with Gasteiger partial charge in [0, 0.05) is 5.92 Å². The smallest absolute Gasteiger partial charge is 0.203 e. The van der Waals surface area contributed by atoms with Gasteiger partial charge in [0.1, 0.15) is 0 Å². The standard InChI is InChI=1S/C23H30O7/c1-25-18-7-6-14(10-19(18)26-2)8-16-13-30-23(24)17(16)9-15-11-20(27-3)22(29-5)21(12-15)28-4/h6-7,10-12,16-17,23-24H,8-9,13H2,1-5H3/t16-,17+,23-/m1/s1. The summed E-state index contributed by atoms with van der Waals surface area (Å²) in [6.07, 6.45) is 0.553. The molecule has 0 amide bonds. The van der Waals surface area contributed by atoms with Crippen LogP contribution in [0.25, 0.3) is 0 Å². The summed E-state index contributed by atoms with van der Waals surface area (Å²) in [6, 6.07) is 9.72. The van der Waals surface area contributed by atoms with Crippen LogP contribution in [0.5, 0.6) is 28.7 Å². The van der Waals surface area contributed by atoms with Crippen LogP contribution in [0, 0.1) is 11.8 Å². The SMILES string of the molecule is COc1ccc(C[C@@H]2CO[C@@H](O)[C@H]2Cc2cc(OC)c(OC)c(OC)c2)cc1OC. The topological polar surface area (TPSA) is 75.6 Å². The van der Waals surface area contributed by atoms with Crippen molar-refractivity contribution < 1.29 is 33.5 Å². The molecule has 7 heteroatoms. The third kappa shape index (κ3) is 4.57. The second-order valence-corrected chi connectivity index (χ2v) is 7.28. The van der Waals surface area contributed by atoms with Gasteiger partial charge in [0.25, 0.3) is 0 Å². The zero-order valence-corrected chi connectivity index (χ0v) is 18.1. The maximum Gasteiger partial charge on any atom is 0.203 e. The third-order valence-corrected chi connectivity index (χ3v) is 5.59. The van der Waals surface area contributed by atoms with Crippen LogP contribution in [-0.2, 0) is 17.6 Å². The maximum absolute atomic E-state index is 10.5. The minimum Gasteiger partial charge on any atom is -0.493 e. The average Bonchev–Trinajstić information content (AvgIpc) is 3.11. The summed E-state index contributed by atoms with van der Waals surface area (Å²) in [6.45, 7) is 0.491. The molecule has 1 fully saturated rings. The second-order valence-electron chi connectivity index (χ2n) is 7.28. The normalized spacial score (nSPS) is 20.7. The highest BCUT2D eigenvalue weighted by Gasteiger charge is 2.36. The van der Waals surface area contributed by atoms with E-state index < -0.39 is 6.29 Å². The van der Waals surface area contributed by atoms with Crippen molar-refractivity contribution in [2.45, 2.75) is 19.1 Å². The zero-order valence-electron chi connectivity index (χ0n) is 18.1. The lowest BCUT2D eigenvalue weighted by Gasteiger charge is -2.22. The van der Waals surface area contributed by atoms with Gasteiger partial charge < -0.3 is 33.5 Å². The van der Waals surface area contributed by atoms with Crippen LogP contribution in [-0.4, -0.2) is 53.6 Å². The Morgan fingerprint density at radius 2 is 1.37 bits per heavy atom. The fraction of sp³-hybridized carbons (Fsp3) is 0.478. The van der Waals surface area contributed by atoms with E-state index in [4.69, 9.17) is 28.4 Å². The summed E-state index contributed by atoms with van der Waals surface area (Å²) in [5.41, 5.74) is 2.08. The first-order valence-corrected chi connectivity index (χ1v) is 9.84. The molecule has 3 rings (SSSR count). The Hall–Kier alpha value is -2.64. The molecule has 1 aliphatic rings. The van der Waals surface area contributed by atoms with Gasteiger partial charge in [-0.3, -0.25) is 0 Å². The van der Waals surface area contributed by atoms with E-state index >= 15 is 0 Å². The molecule has 164 valence electrons. The van der Waals surface area contributed by atoms with Crippen molar-refractivity contribution >= 4 is 0 Å². The molecule has 7 nitrogen and oxygen atoms in total. The molecule has 0 unspecified atom stereocenters. The molecule has 1 N–H and O–H groups in total. The Bertz CT molecular complexity index is 826. The molecule has 3 atom stereocenters. The number of hydrogen-bond donors (Lipinski definition) is 1. The van der Waals surface area contributed by atoms with E-state index in [9.17, 15) is 5.11 Å². The van der Waals surface area contributed by atoms with Gasteiger partial charge >= 0.3 is 0 Å². The summed E-state index contributed by atoms with van der Waals surface area (Å²) in [5.74, 6) is 3.20. The molecule has 0 spiro atoms. The molecule has 0 aliphatic carbocycles. The van der Waals surface area contributed by atoms with Crippen LogP contribution in [0.3, 0.4) is 0 Å². The van der Waals surface area contributed by atoms with Crippen LogP contribution >= 0.6 is 0 Å². The number of hydrogen-bond acceptors (Lipinski definition) is 7. The van der Waals surface area contributed by atoms with Gasteiger partial charge in [0.05, 0.1) is 42.2 Å². The Morgan fingerprint density at radius 1 is 0.767 bits per heavy atom. The molecule has 0 saturated carbocycles. The predicted molar refractivity (Wildman–Crippen MR) is 112 cm³/mol. The van der Waals surface area contributed by atoms with Gasteiger partial charge in [-0.05, 0) is 54.2 Å². The zero-order chi connectivity index (χ0) is 21.7. The molecule has 1 saturated heterocycles. The fourth-order valence-electron chi connectivity index (χ4n) is 4.02.